The van der Waals surface area contributed by atoms with Gasteiger partial charge in [-0.25, -0.2) is 0 Å². The van der Waals surface area contributed by atoms with E-state index in [-0.39, 0.29) is 5.25 Å². The molecule has 0 aliphatic rings. The summed E-state index contributed by atoms with van der Waals surface area (Å²) in [5, 5.41) is 10.7. The molecular formula is C22H28O2SSi. The van der Waals surface area contributed by atoms with Gasteiger partial charge >= 0.3 is 0 Å². The molecule has 0 spiro atoms. The zero-order valence-corrected chi connectivity index (χ0v) is 17.6. The van der Waals surface area contributed by atoms with Crippen LogP contribution in [0.4, 0.5) is 0 Å². The van der Waals surface area contributed by atoms with Crippen molar-refractivity contribution in [1.82, 2.24) is 0 Å². The van der Waals surface area contributed by atoms with Crippen molar-refractivity contribution >= 4 is 19.8 Å². The van der Waals surface area contributed by atoms with Crippen molar-refractivity contribution in [2.45, 2.75) is 48.9 Å². The Labute approximate surface area is 163 Å². The lowest BCUT2D eigenvalue weighted by molar-refractivity contribution is 0.0282. The van der Waals surface area contributed by atoms with Gasteiger partial charge in [0.25, 0.3) is 0 Å². The van der Waals surface area contributed by atoms with E-state index in [4.69, 9.17) is 4.74 Å². The smallest absolute Gasteiger partial charge is 0.129 e. The number of thioether (sulfide) groups is 1. The van der Waals surface area contributed by atoms with Crippen molar-refractivity contribution in [2.24, 2.45) is 0 Å². The monoisotopic (exact) mass is 384 g/mol. The van der Waals surface area contributed by atoms with Crippen LogP contribution < -0.4 is 0 Å². The third-order valence-corrected chi connectivity index (χ3v) is 5.88. The minimum Gasteiger partial charge on any atom is -0.390 e. The molecule has 0 aromatic heterocycles. The van der Waals surface area contributed by atoms with Gasteiger partial charge in [-0.1, -0.05) is 68.2 Å². The Morgan fingerprint density at radius 1 is 1.00 bits per heavy atom. The van der Waals surface area contributed by atoms with Crippen LogP contribution in [0.25, 0.3) is 0 Å². The van der Waals surface area contributed by atoms with Gasteiger partial charge in [0.1, 0.15) is 8.07 Å². The summed E-state index contributed by atoms with van der Waals surface area (Å²) in [7, 11) is -1.40. The number of hydrogen-bond acceptors (Lipinski definition) is 3. The van der Waals surface area contributed by atoms with Crippen LogP contribution in [-0.2, 0) is 11.3 Å². The number of aliphatic hydroxyl groups excluding tert-OH is 1. The molecule has 26 heavy (non-hydrogen) atoms. The molecule has 2 aromatic rings. The molecule has 1 N–H and O–H groups in total. The average molecular weight is 385 g/mol. The van der Waals surface area contributed by atoms with E-state index < -0.39 is 14.2 Å². The maximum atomic E-state index is 10.7. The molecule has 0 aliphatic carbocycles. The van der Waals surface area contributed by atoms with Crippen LogP contribution in [0.2, 0.25) is 19.6 Å². The van der Waals surface area contributed by atoms with Crippen molar-refractivity contribution in [1.29, 1.82) is 0 Å². The first-order valence-electron chi connectivity index (χ1n) is 8.95. The summed E-state index contributed by atoms with van der Waals surface area (Å²) in [4.78, 5) is 1.15. The third-order valence-electron chi connectivity index (χ3n) is 3.63. The summed E-state index contributed by atoms with van der Waals surface area (Å²) < 4.78 is 5.74. The SMILES string of the molecule is C[Si](C)(C)C#CC[C@H](Sc1ccccc1)[C@H](O)COCc1ccccc1. The highest BCUT2D eigenvalue weighted by atomic mass is 32.2. The molecule has 0 heterocycles. The maximum absolute atomic E-state index is 10.7. The molecule has 2 aromatic carbocycles. The van der Waals surface area contributed by atoms with Crippen LogP contribution in [0.15, 0.2) is 65.6 Å². The second-order valence-electron chi connectivity index (χ2n) is 7.29. The Kier molecular flexibility index (Phi) is 8.47. The summed E-state index contributed by atoms with van der Waals surface area (Å²) in [5.74, 6) is 3.31. The Morgan fingerprint density at radius 3 is 2.23 bits per heavy atom. The second kappa shape index (κ2) is 10.6. The van der Waals surface area contributed by atoms with Crippen molar-refractivity contribution in [3.63, 3.8) is 0 Å². The molecule has 0 aliphatic heterocycles. The molecule has 4 heteroatoms. The summed E-state index contributed by atoms with van der Waals surface area (Å²) in [6, 6.07) is 20.2. The molecule has 2 atom stereocenters. The van der Waals surface area contributed by atoms with E-state index >= 15 is 0 Å². The largest absolute Gasteiger partial charge is 0.390 e. The summed E-state index contributed by atoms with van der Waals surface area (Å²) >= 11 is 1.68. The molecule has 2 rings (SSSR count). The van der Waals surface area contributed by atoms with E-state index in [1.807, 2.05) is 48.5 Å². The first kappa shape index (κ1) is 20.8. The van der Waals surface area contributed by atoms with Crippen LogP contribution in [-0.4, -0.2) is 31.1 Å². The molecule has 0 fully saturated rings. The van der Waals surface area contributed by atoms with Gasteiger partial charge in [-0.3, -0.25) is 0 Å². The predicted octanol–water partition coefficient (Wildman–Crippen LogP) is 5.00. The van der Waals surface area contributed by atoms with E-state index in [1.165, 1.54) is 0 Å². The van der Waals surface area contributed by atoms with Gasteiger partial charge in [0.2, 0.25) is 0 Å². The topological polar surface area (TPSA) is 29.5 Å². The lowest BCUT2D eigenvalue weighted by Crippen LogP contribution is -2.28. The van der Waals surface area contributed by atoms with Crippen LogP contribution in [0, 0.1) is 11.5 Å². The normalized spacial score (nSPS) is 13.5. The van der Waals surface area contributed by atoms with E-state index in [1.54, 1.807) is 11.8 Å². The van der Waals surface area contributed by atoms with E-state index in [2.05, 4.69) is 43.2 Å². The van der Waals surface area contributed by atoms with Gasteiger partial charge in [0.05, 0.1) is 19.3 Å². The molecule has 0 saturated carbocycles. The highest BCUT2D eigenvalue weighted by Gasteiger charge is 2.20. The van der Waals surface area contributed by atoms with Crippen LogP contribution in [0.5, 0.6) is 0 Å². The Hall–Kier alpha value is -1.51. The van der Waals surface area contributed by atoms with Crippen LogP contribution >= 0.6 is 11.8 Å². The average Bonchev–Trinajstić information content (AvgIpc) is 2.61. The van der Waals surface area contributed by atoms with Crippen LogP contribution in [0.3, 0.4) is 0 Å². The molecule has 0 radical (unpaired) electrons. The zero-order valence-electron chi connectivity index (χ0n) is 15.8. The third kappa shape index (κ3) is 8.24. The summed E-state index contributed by atoms with van der Waals surface area (Å²) in [5.41, 5.74) is 4.51. The number of hydrogen-bond donors (Lipinski definition) is 1. The molecule has 138 valence electrons. The standard InChI is InChI=1S/C22H28O2SSi/c1-26(2,3)16-10-15-22(25-20-13-8-5-9-14-20)21(23)18-24-17-19-11-6-4-7-12-19/h4-9,11-14,21-23H,15,17-18H2,1-3H3/t21-,22+/m1/s1. The second-order valence-corrected chi connectivity index (χ2v) is 13.4. The molecule has 0 amide bonds. The molecular weight excluding hydrogens is 356 g/mol. The lowest BCUT2D eigenvalue weighted by Gasteiger charge is -2.21. The van der Waals surface area contributed by atoms with Crippen molar-refractivity contribution in [3.05, 3.63) is 66.2 Å². The van der Waals surface area contributed by atoms with E-state index in [0.29, 0.717) is 19.6 Å². The Morgan fingerprint density at radius 2 is 1.62 bits per heavy atom. The minimum absolute atomic E-state index is 0.00276. The van der Waals surface area contributed by atoms with Crippen molar-refractivity contribution in [3.8, 4) is 11.5 Å². The van der Waals surface area contributed by atoms with Gasteiger partial charge in [-0.2, -0.15) is 0 Å². The number of benzene rings is 2. The molecule has 0 saturated heterocycles. The van der Waals surface area contributed by atoms with Gasteiger partial charge in [0.15, 0.2) is 0 Å². The lowest BCUT2D eigenvalue weighted by atomic mass is 10.2. The minimum atomic E-state index is -1.40. The fraction of sp³-hybridized carbons (Fsp3) is 0.364. The predicted molar refractivity (Wildman–Crippen MR) is 114 cm³/mol. The van der Waals surface area contributed by atoms with Gasteiger partial charge in [-0.05, 0) is 17.7 Å². The van der Waals surface area contributed by atoms with Gasteiger partial charge in [-0.15, -0.1) is 23.2 Å². The first-order chi connectivity index (χ1) is 12.4. The number of aliphatic hydroxyl groups is 1. The van der Waals surface area contributed by atoms with Gasteiger partial charge in [0, 0.05) is 16.6 Å². The molecule has 2 nitrogen and oxygen atoms in total. The van der Waals surface area contributed by atoms with Crippen molar-refractivity contribution in [2.75, 3.05) is 6.61 Å². The van der Waals surface area contributed by atoms with E-state index in [0.717, 1.165) is 10.5 Å². The fourth-order valence-corrected chi connectivity index (χ4v) is 4.02. The maximum Gasteiger partial charge on any atom is 0.129 e. The molecule has 0 bridgehead atoms. The van der Waals surface area contributed by atoms with Gasteiger partial charge < -0.3 is 9.84 Å². The van der Waals surface area contributed by atoms with Crippen LogP contribution in [0.1, 0.15) is 12.0 Å². The zero-order chi connectivity index (χ0) is 18.8. The highest BCUT2D eigenvalue weighted by Crippen LogP contribution is 2.27. The van der Waals surface area contributed by atoms with Crippen molar-refractivity contribution < 1.29 is 9.84 Å². The summed E-state index contributed by atoms with van der Waals surface area (Å²) in [6.07, 6.45) is 0.111. The van der Waals surface area contributed by atoms with E-state index in [9.17, 15) is 5.11 Å². The highest BCUT2D eigenvalue weighted by molar-refractivity contribution is 8.00. The first-order valence-corrected chi connectivity index (χ1v) is 13.3. The number of ether oxygens (including phenoxy) is 1. The quantitative estimate of drug-likeness (QED) is 0.395. The Balaban J connectivity index is 1.95. The molecule has 0 unspecified atom stereocenters. The fourth-order valence-electron chi connectivity index (χ4n) is 2.33. The number of rotatable bonds is 8. The summed E-state index contributed by atoms with van der Waals surface area (Å²) in [6.45, 7) is 7.53. The Bertz CT molecular complexity index is 702.